The Bertz CT molecular complexity index is 458. The second-order valence-electron chi connectivity index (χ2n) is 4.50. The van der Waals surface area contributed by atoms with E-state index in [1.54, 1.807) is 0 Å². The Labute approximate surface area is 102 Å². The number of benzene rings is 1. The van der Waals surface area contributed by atoms with Gasteiger partial charge in [0.1, 0.15) is 0 Å². The van der Waals surface area contributed by atoms with Crippen molar-refractivity contribution >= 4 is 5.91 Å². The van der Waals surface area contributed by atoms with Gasteiger partial charge in [-0.15, -0.1) is 0 Å². The average Bonchev–Trinajstić information content (AvgIpc) is 2.29. The van der Waals surface area contributed by atoms with Crippen molar-refractivity contribution in [3.8, 4) is 0 Å². The highest BCUT2D eigenvalue weighted by Crippen LogP contribution is 2.31. The zero-order chi connectivity index (χ0) is 13.3. The van der Waals surface area contributed by atoms with Crippen LogP contribution in [0.3, 0.4) is 0 Å². The molecule has 0 heterocycles. The Morgan fingerprint density at radius 3 is 2.22 bits per heavy atom. The van der Waals surface area contributed by atoms with Gasteiger partial charge >= 0.3 is 0 Å². The first-order valence-corrected chi connectivity index (χ1v) is 5.55. The van der Waals surface area contributed by atoms with Gasteiger partial charge < -0.3 is 10.4 Å². The molecule has 0 bridgehead atoms. The highest BCUT2D eigenvalue weighted by Gasteiger charge is 2.38. The van der Waals surface area contributed by atoms with Gasteiger partial charge in [0.2, 0.25) is 0 Å². The predicted molar refractivity (Wildman–Crippen MR) is 57.5 cm³/mol. The third-order valence-corrected chi connectivity index (χ3v) is 3.24. The molecule has 0 radical (unpaired) electrons. The van der Waals surface area contributed by atoms with E-state index < -0.39 is 28.9 Å². The van der Waals surface area contributed by atoms with Crippen LogP contribution in [0.2, 0.25) is 0 Å². The predicted octanol–water partition coefficient (Wildman–Crippen LogP) is 1.75. The number of carbonyl (C=O) groups is 1. The number of aliphatic hydroxyl groups is 1. The summed E-state index contributed by atoms with van der Waals surface area (Å²) >= 11 is 0. The van der Waals surface area contributed by atoms with Crippen LogP contribution < -0.4 is 5.32 Å². The fourth-order valence-electron chi connectivity index (χ4n) is 1.93. The summed E-state index contributed by atoms with van der Waals surface area (Å²) in [5.41, 5.74) is -1.01. The smallest absolute Gasteiger partial charge is 0.252 e. The van der Waals surface area contributed by atoms with Gasteiger partial charge in [-0.25, -0.2) is 13.2 Å². The van der Waals surface area contributed by atoms with Crippen LogP contribution >= 0.6 is 0 Å². The van der Waals surface area contributed by atoms with Gasteiger partial charge in [0.05, 0.1) is 12.1 Å². The molecule has 0 saturated heterocycles. The molecule has 6 heteroatoms. The molecule has 0 aliphatic heterocycles. The Balaban J connectivity index is 2.19. The summed E-state index contributed by atoms with van der Waals surface area (Å²) in [5, 5.41) is 11.7. The van der Waals surface area contributed by atoms with Crippen LogP contribution in [0, 0.1) is 17.5 Å². The van der Waals surface area contributed by atoms with Gasteiger partial charge in [-0.3, -0.25) is 4.79 Å². The molecular formula is C12H12F3NO2. The maximum Gasteiger partial charge on any atom is 0.252 e. The lowest BCUT2D eigenvalue weighted by Crippen LogP contribution is -2.56. The van der Waals surface area contributed by atoms with E-state index in [-0.39, 0.29) is 12.2 Å². The summed E-state index contributed by atoms with van der Waals surface area (Å²) in [5.74, 6) is -5.15. The minimum Gasteiger partial charge on any atom is -0.394 e. The van der Waals surface area contributed by atoms with E-state index in [0.29, 0.717) is 25.0 Å². The Kier molecular flexibility index (Phi) is 3.30. The molecule has 18 heavy (non-hydrogen) atoms. The Hall–Kier alpha value is -1.56. The van der Waals surface area contributed by atoms with Gasteiger partial charge in [0, 0.05) is 5.56 Å². The summed E-state index contributed by atoms with van der Waals surface area (Å²) in [7, 11) is 0. The van der Waals surface area contributed by atoms with Crippen LogP contribution in [-0.2, 0) is 0 Å². The van der Waals surface area contributed by atoms with Crippen molar-refractivity contribution in [3.05, 3.63) is 35.1 Å². The molecule has 0 atom stereocenters. The van der Waals surface area contributed by atoms with Crippen molar-refractivity contribution in [2.75, 3.05) is 6.61 Å². The molecule has 1 saturated carbocycles. The number of halogens is 3. The maximum absolute atomic E-state index is 13.0. The Morgan fingerprint density at radius 1 is 1.28 bits per heavy atom. The first kappa shape index (κ1) is 12.9. The molecule has 98 valence electrons. The lowest BCUT2D eigenvalue weighted by molar-refractivity contribution is 0.0641. The van der Waals surface area contributed by atoms with Crippen molar-refractivity contribution in [2.24, 2.45) is 0 Å². The number of hydrogen-bond donors (Lipinski definition) is 2. The summed E-state index contributed by atoms with van der Waals surface area (Å²) in [6.45, 7) is -0.231. The van der Waals surface area contributed by atoms with Gasteiger partial charge in [-0.05, 0) is 31.4 Å². The van der Waals surface area contributed by atoms with E-state index in [4.69, 9.17) is 5.11 Å². The number of hydrogen-bond acceptors (Lipinski definition) is 2. The van der Waals surface area contributed by atoms with Crippen molar-refractivity contribution in [3.63, 3.8) is 0 Å². The Morgan fingerprint density at radius 2 is 1.83 bits per heavy atom. The van der Waals surface area contributed by atoms with Crippen LogP contribution in [0.5, 0.6) is 0 Å². The summed E-state index contributed by atoms with van der Waals surface area (Å²) in [4.78, 5) is 11.7. The van der Waals surface area contributed by atoms with Gasteiger partial charge in [0.25, 0.3) is 5.91 Å². The first-order chi connectivity index (χ1) is 8.47. The molecule has 0 aromatic heterocycles. The zero-order valence-corrected chi connectivity index (χ0v) is 9.47. The molecule has 0 spiro atoms. The van der Waals surface area contributed by atoms with E-state index in [1.807, 2.05) is 0 Å². The average molecular weight is 259 g/mol. The van der Waals surface area contributed by atoms with E-state index in [1.165, 1.54) is 0 Å². The quantitative estimate of drug-likeness (QED) is 0.812. The molecule has 1 aliphatic rings. The van der Waals surface area contributed by atoms with Crippen LogP contribution in [0.1, 0.15) is 29.6 Å². The second kappa shape index (κ2) is 4.61. The summed E-state index contributed by atoms with van der Waals surface area (Å²) in [6.07, 6.45) is 2.09. The van der Waals surface area contributed by atoms with Crippen molar-refractivity contribution in [1.29, 1.82) is 0 Å². The normalized spacial score (nSPS) is 17.1. The largest absolute Gasteiger partial charge is 0.394 e. The van der Waals surface area contributed by atoms with Crippen molar-refractivity contribution < 1.29 is 23.1 Å². The third kappa shape index (κ3) is 2.20. The summed E-state index contributed by atoms with van der Waals surface area (Å²) < 4.78 is 38.7. The topological polar surface area (TPSA) is 49.3 Å². The van der Waals surface area contributed by atoms with Gasteiger partial charge in [-0.1, -0.05) is 0 Å². The van der Waals surface area contributed by atoms with Crippen LogP contribution in [0.25, 0.3) is 0 Å². The van der Waals surface area contributed by atoms with Crippen molar-refractivity contribution in [2.45, 2.75) is 24.8 Å². The van der Waals surface area contributed by atoms with Crippen LogP contribution in [0.15, 0.2) is 12.1 Å². The lowest BCUT2D eigenvalue weighted by Gasteiger charge is -2.40. The van der Waals surface area contributed by atoms with E-state index >= 15 is 0 Å². The van der Waals surface area contributed by atoms with Gasteiger partial charge in [-0.2, -0.15) is 0 Å². The van der Waals surface area contributed by atoms with Crippen LogP contribution in [0.4, 0.5) is 13.2 Å². The highest BCUT2D eigenvalue weighted by atomic mass is 19.2. The summed E-state index contributed by atoms with van der Waals surface area (Å²) in [6, 6.07) is 1.27. The lowest BCUT2D eigenvalue weighted by atomic mass is 9.77. The molecule has 0 unspecified atom stereocenters. The van der Waals surface area contributed by atoms with E-state index in [2.05, 4.69) is 5.32 Å². The molecule has 1 aromatic carbocycles. The third-order valence-electron chi connectivity index (χ3n) is 3.24. The minimum atomic E-state index is -1.60. The first-order valence-electron chi connectivity index (χ1n) is 5.55. The second-order valence-corrected chi connectivity index (χ2v) is 4.50. The fraction of sp³-hybridized carbons (Fsp3) is 0.417. The van der Waals surface area contributed by atoms with E-state index in [9.17, 15) is 18.0 Å². The number of aliphatic hydroxyl groups excluding tert-OH is 1. The molecule has 1 fully saturated rings. The standard InChI is InChI=1S/C12H12F3NO2/c13-8-4-7(5-9(14)10(8)15)11(18)16-12(6-17)2-1-3-12/h4-5,17H,1-3,6H2,(H,16,18). The molecule has 2 N–H and O–H groups in total. The highest BCUT2D eigenvalue weighted by molar-refractivity contribution is 5.94. The number of rotatable bonds is 3. The number of carbonyl (C=O) groups excluding carboxylic acids is 1. The molecular weight excluding hydrogens is 247 g/mol. The monoisotopic (exact) mass is 259 g/mol. The van der Waals surface area contributed by atoms with Gasteiger partial charge in [0.15, 0.2) is 17.5 Å². The number of amides is 1. The SMILES string of the molecule is O=C(NC1(CO)CCC1)c1cc(F)c(F)c(F)c1. The maximum atomic E-state index is 13.0. The van der Waals surface area contributed by atoms with Crippen LogP contribution in [-0.4, -0.2) is 23.2 Å². The molecule has 1 aliphatic carbocycles. The minimum absolute atomic E-state index is 0.231. The zero-order valence-electron chi connectivity index (χ0n) is 9.47. The number of nitrogens with one attached hydrogen (secondary N) is 1. The van der Waals surface area contributed by atoms with E-state index in [0.717, 1.165) is 6.42 Å². The molecule has 1 aromatic rings. The van der Waals surface area contributed by atoms with Crippen molar-refractivity contribution in [1.82, 2.24) is 5.32 Å². The fourth-order valence-corrected chi connectivity index (χ4v) is 1.93. The molecule has 3 nitrogen and oxygen atoms in total. The molecule has 1 amide bonds. The molecule has 2 rings (SSSR count).